The summed E-state index contributed by atoms with van der Waals surface area (Å²) in [6, 6.07) is 0. The molecule has 0 saturated carbocycles. The molecule has 0 bridgehead atoms. The first-order chi connectivity index (χ1) is 6.94. The molecule has 1 saturated heterocycles. The molecule has 6 heteroatoms. The van der Waals surface area contributed by atoms with Crippen LogP contribution in [0.5, 0.6) is 0 Å². The van der Waals surface area contributed by atoms with Crippen molar-refractivity contribution in [3.8, 4) is 0 Å². The van der Waals surface area contributed by atoms with E-state index in [1.54, 1.807) is 20.8 Å². The highest BCUT2D eigenvalue weighted by Crippen LogP contribution is 2.13. The van der Waals surface area contributed by atoms with Crippen molar-refractivity contribution in [2.45, 2.75) is 37.7 Å². The molecule has 0 radical (unpaired) electrons. The zero-order valence-electron chi connectivity index (χ0n) is 9.39. The molecule has 90 valence electrons. The SMILES string of the molecule is CC(C)S(=O)(=O)C(C)OC1CNCCO1. The fourth-order valence-electron chi connectivity index (χ4n) is 1.30. The lowest BCUT2D eigenvalue weighted by Gasteiger charge is -2.27. The van der Waals surface area contributed by atoms with Gasteiger partial charge in [0.2, 0.25) is 0 Å². The van der Waals surface area contributed by atoms with Gasteiger partial charge in [-0.25, -0.2) is 8.42 Å². The summed E-state index contributed by atoms with van der Waals surface area (Å²) in [5.41, 5.74) is -0.817. The second kappa shape index (κ2) is 5.25. The number of nitrogens with one attached hydrogen (secondary N) is 1. The molecule has 1 rings (SSSR count). The lowest BCUT2D eigenvalue weighted by molar-refractivity contribution is -0.159. The van der Waals surface area contributed by atoms with Crippen LogP contribution in [-0.2, 0) is 19.3 Å². The van der Waals surface area contributed by atoms with Crippen LogP contribution in [0.2, 0.25) is 0 Å². The minimum Gasteiger partial charge on any atom is -0.350 e. The van der Waals surface area contributed by atoms with Gasteiger partial charge >= 0.3 is 0 Å². The Morgan fingerprint density at radius 1 is 1.40 bits per heavy atom. The van der Waals surface area contributed by atoms with Crippen molar-refractivity contribution in [2.24, 2.45) is 0 Å². The molecule has 1 heterocycles. The summed E-state index contributed by atoms with van der Waals surface area (Å²) in [5.74, 6) is 0. The highest BCUT2D eigenvalue weighted by atomic mass is 32.2. The fraction of sp³-hybridized carbons (Fsp3) is 1.00. The Hall–Kier alpha value is -0.170. The monoisotopic (exact) mass is 237 g/mol. The molecule has 5 nitrogen and oxygen atoms in total. The first-order valence-electron chi connectivity index (χ1n) is 5.15. The summed E-state index contributed by atoms with van der Waals surface area (Å²) in [6.07, 6.45) is -0.456. The lowest BCUT2D eigenvalue weighted by Crippen LogP contribution is -2.43. The minimum atomic E-state index is -3.21. The Labute approximate surface area is 91.1 Å². The van der Waals surface area contributed by atoms with Gasteiger partial charge in [0.15, 0.2) is 21.6 Å². The standard InChI is InChI=1S/C9H19NO4S/c1-7(2)15(11,12)8(3)14-9-6-10-4-5-13-9/h7-10H,4-6H2,1-3H3. The summed E-state index contributed by atoms with van der Waals surface area (Å²) in [4.78, 5) is 0. The number of hydrogen-bond acceptors (Lipinski definition) is 5. The van der Waals surface area contributed by atoms with Crippen LogP contribution in [0.1, 0.15) is 20.8 Å². The molecule has 0 aromatic rings. The van der Waals surface area contributed by atoms with E-state index in [9.17, 15) is 8.42 Å². The highest BCUT2D eigenvalue weighted by molar-refractivity contribution is 7.92. The Kier molecular flexibility index (Phi) is 4.51. The van der Waals surface area contributed by atoms with Crippen LogP contribution in [0.3, 0.4) is 0 Å². The van der Waals surface area contributed by atoms with Gasteiger partial charge in [0.25, 0.3) is 0 Å². The van der Waals surface area contributed by atoms with E-state index < -0.39 is 26.8 Å². The maximum absolute atomic E-state index is 11.7. The summed E-state index contributed by atoms with van der Waals surface area (Å²) in [6.45, 7) is 6.72. The van der Waals surface area contributed by atoms with Gasteiger partial charge in [0.05, 0.1) is 11.9 Å². The van der Waals surface area contributed by atoms with Crippen molar-refractivity contribution in [1.29, 1.82) is 0 Å². The fourth-order valence-corrected chi connectivity index (χ4v) is 2.35. The lowest BCUT2D eigenvalue weighted by atomic mass is 10.5. The molecule has 2 unspecified atom stereocenters. The molecule has 1 fully saturated rings. The van der Waals surface area contributed by atoms with Gasteiger partial charge in [-0.2, -0.15) is 0 Å². The number of morpholine rings is 1. The number of ether oxygens (including phenoxy) is 2. The summed E-state index contributed by atoms with van der Waals surface area (Å²) in [5, 5.41) is 2.65. The Bertz CT molecular complexity index is 282. The predicted octanol–water partition coefficient (Wildman–Crippen LogP) is 0.118. The topological polar surface area (TPSA) is 64.6 Å². The van der Waals surface area contributed by atoms with E-state index in [-0.39, 0.29) is 0 Å². The molecule has 0 aliphatic carbocycles. The van der Waals surface area contributed by atoms with Gasteiger partial charge in [-0.3, -0.25) is 0 Å². The van der Waals surface area contributed by atoms with Crippen LogP contribution in [0, 0.1) is 0 Å². The molecule has 15 heavy (non-hydrogen) atoms. The van der Waals surface area contributed by atoms with E-state index >= 15 is 0 Å². The maximum atomic E-state index is 11.7. The number of hydrogen-bond donors (Lipinski definition) is 1. The second-order valence-corrected chi connectivity index (χ2v) is 6.63. The van der Waals surface area contributed by atoms with E-state index in [2.05, 4.69) is 5.32 Å². The van der Waals surface area contributed by atoms with Crippen molar-refractivity contribution in [1.82, 2.24) is 5.32 Å². The molecule has 1 N–H and O–H groups in total. The van der Waals surface area contributed by atoms with E-state index in [0.717, 1.165) is 6.54 Å². The van der Waals surface area contributed by atoms with Crippen LogP contribution < -0.4 is 5.32 Å². The summed E-state index contributed by atoms with van der Waals surface area (Å²) in [7, 11) is -3.21. The summed E-state index contributed by atoms with van der Waals surface area (Å²) >= 11 is 0. The molecular weight excluding hydrogens is 218 g/mol. The zero-order valence-corrected chi connectivity index (χ0v) is 10.2. The van der Waals surface area contributed by atoms with Gasteiger partial charge in [0.1, 0.15) is 0 Å². The minimum absolute atomic E-state index is 0.427. The third kappa shape index (κ3) is 3.41. The zero-order chi connectivity index (χ0) is 11.5. The van der Waals surface area contributed by atoms with Gasteiger partial charge < -0.3 is 14.8 Å². The van der Waals surface area contributed by atoms with Crippen molar-refractivity contribution >= 4 is 9.84 Å². The molecule has 0 aromatic carbocycles. The van der Waals surface area contributed by atoms with Crippen molar-refractivity contribution in [3.63, 3.8) is 0 Å². The van der Waals surface area contributed by atoms with Crippen molar-refractivity contribution in [3.05, 3.63) is 0 Å². The third-order valence-corrected chi connectivity index (χ3v) is 4.71. The molecule has 0 spiro atoms. The van der Waals surface area contributed by atoms with E-state index in [1.807, 2.05) is 0 Å². The first-order valence-corrected chi connectivity index (χ1v) is 6.76. The maximum Gasteiger partial charge on any atom is 0.179 e. The van der Waals surface area contributed by atoms with Crippen molar-refractivity contribution < 1.29 is 17.9 Å². The first kappa shape index (κ1) is 12.9. The van der Waals surface area contributed by atoms with Crippen LogP contribution in [0.25, 0.3) is 0 Å². The van der Waals surface area contributed by atoms with Gasteiger partial charge in [-0.05, 0) is 20.8 Å². The average Bonchev–Trinajstić information content (AvgIpc) is 2.18. The second-order valence-electron chi connectivity index (χ2n) is 3.85. The Balaban J connectivity index is 2.50. The molecule has 1 aliphatic heterocycles. The smallest absolute Gasteiger partial charge is 0.179 e. The summed E-state index contributed by atoms with van der Waals surface area (Å²) < 4.78 is 34.0. The molecule has 0 aromatic heterocycles. The third-order valence-electron chi connectivity index (χ3n) is 2.36. The van der Waals surface area contributed by atoms with E-state index in [1.165, 1.54) is 0 Å². The van der Waals surface area contributed by atoms with Crippen LogP contribution in [0.4, 0.5) is 0 Å². The van der Waals surface area contributed by atoms with Gasteiger partial charge in [0, 0.05) is 13.1 Å². The normalized spacial score (nSPS) is 25.5. The largest absolute Gasteiger partial charge is 0.350 e. The molecular formula is C9H19NO4S. The number of rotatable bonds is 4. The van der Waals surface area contributed by atoms with Gasteiger partial charge in [-0.15, -0.1) is 0 Å². The van der Waals surface area contributed by atoms with Crippen molar-refractivity contribution in [2.75, 3.05) is 19.7 Å². The van der Waals surface area contributed by atoms with E-state index in [4.69, 9.17) is 9.47 Å². The highest BCUT2D eigenvalue weighted by Gasteiger charge is 2.28. The molecule has 2 atom stereocenters. The number of sulfone groups is 1. The van der Waals surface area contributed by atoms with E-state index in [0.29, 0.717) is 13.2 Å². The average molecular weight is 237 g/mol. The Morgan fingerprint density at radius 2 is 2.07 bits per heavy atom. The Morgan fingerprint density at radius 3 is 2.53 bits per heavy atom. The van der Waals surface area contributed by atoms with Crippen LogP contribution in [-0.4, -0.2) is 45.1 Å². The quantitative estimate of drug-likeness (QED) is 0.752. The van der Waals surface area contributed by atoms with Crippen LogP contribution in [0.15, 0.2) is 0 Å². The van der Waals surface area contributed by atoms with Crippen LogP contribution >= 0.6 is 0 Å². The predicted molar refractivity (Wildman–Crippen MR) is 57.2 cm³/mol. The molecule has 1 aliphatic rings. The molecule has 0 amide bonds. The van der Waals surface area contributed by atoms with Gasteiger partial charge in [-0.1, -0.05) is 0 Å².